The maximum Gasteiger partial charge on any atom is 0.246 e. The van der Waals surface area contributed by atoms with E-state index in [9.17, 15) is 4.79 Å². The smallest absolute Gasteiger partial charge is 0.246 e. The highest BCUT2D eigenvalue weighted by atomic mass is 16.5. The summed E-state index contributed by atoms with van der Waals surface area (Å²) in [5.74, 6) is 2.49. The van der Waals surface area contributed by atoms with Gasteiger partial charge in [0.05, 0.1) is 20.8 Å². The van der Waals surface area contributed by atoms with Crippen molar-refractivity contribution in [2.45, 2.75) is 13.0 Å². The van der Waals surface area contributed by atoms with Crippen LogP contribution in [-0.4, -0.2) is 62.7 Å². The quantitative estimate of drug-likeness (QED) is 0.688. The molecule has 2 aromatic carbocycles. The maximum atomic E-state index is 12.7. The summed E-state index contributed by atoms with van der Waals surface area (Å²) in [5.41, 5.74) is 3.44. The van der Waals surface area contributed by atoms with Crippen molar-refractivity contribution in [3.63, 3.8) is 0 Å². The highest BCUT2D eigenvalue weighted by molar-refractivity contribution is 5.92. The molecule has 6 heteroatoms. The van der Waals surface area contributed by atoms with Crippen molar-refractivity contribution < 1.29 is 19.0 Å². The van der Waals surface area contributed by atoms with Gasteiger partial charge in [-0.25, -0.2) is 0 Å². The van der Waals surface area contributed by atoms with Gasteiger partial charge in [-0.15, -0.1) is 0 Å². The minimum absolute atomic E-state index is 0.0224. The molecule has 0 bridgehead atoms. The van der Waals surface area contributed by atoms with Crippen LogP contribution in [0.5, 0.6) is 17.2 Å². The number of carbonyl (C=O) groups excluding carboxylic acids is 1. The van der Waals surface area contributed by atoms with Gasteiger partial charge < -0.3 is 19.1 Å². The van der Waals surface area contributed by atoms with Crippen molar-refractivity contribution in [1.29, 1.82) is 0 Å². The number of nitrogens with zero attached hydrogens (tertiary/aromatic N) is 2. The Kier molecular flexibility index (Phi) is 6.23. The second kappa shape index (κ2) is 9.22. The van der Waals surface area contributed by atoms with Gasteiger partial charge in [-0.3, -0.25) is 9.69 Å². The number of ether oxygens (including phenoxy) is 3. The van der Waals surface area contributed by atoms with E-state index in [0.29, 0.717) is 5.75 Å². The average molecular weight is 408 g/mol. The zero-order valence-electron chi connectivity index (χ0n) is 17.6. The Morgan fingerprint density at radius 2 is 1.90 bits per heavy atom. The third-order valence-electron chi connectivity index (χ3n) is 5.69. The van der Waals surface area contributed by atoms with Gasteiger partial charge in [0.15, 0.2) is 0 Å². The van der Waals surface area contributed by atoms with E-state index < -0.39 is 0 Å². The molecular formula is C24H28N2O4. The fourth-order valence-corrected chi connectivity index (χ4v) is 3.96. The molecule has 2 aromatic rings. The summed E-state index contributed by atoms with van der Waals surface area (Å²) in [5, 5.41) is 0. The molecule has 4 rings (SSSR count). The Morgan fingerprint density at radius 1 is 1.07 bits per heavy atom. The number of piperazine rings is 1. The SMILES string of the molecule is COc1ccc(OC)c(/C=C/C(=O)N2CCN(Cc3ccc4c(c3)CCO4)CC2)c1. The lowest BCUT2D eigenvalue weighted by Gasteiger charge is -2.34. The molecule has 0 aromatic heterocycles. The molecule has 0 aliphatic carbocycles. The summed E-state index contributed by atoms with van der Waals surface area (Å²) in [4.78, 5) is 17.0. The minimum Gasteiger partial charge on any atom is -0.497 e. The predicted octanol–water partition coefficient (Wildman–Crippen LogP) is 3.00. The number of amides is 1. The van der Waals surface area contributed by atoms with Crippen LogP contribution in [0.3, 0.4) is 0 Å². The van der Waals surface area contributed by atoms with Gasteiger partial charge in [0, 0.05) is 50.8 Å². The summed E-state index contributed by atoms with van der Waals surface area (Å²) in [6.45, 7) is 4.89. The zero-order valence-corrected chi connectivity index (χ0v) is 17.6. The van der Waals surface area contributed by atoms with Crippen LogP contribution in [0.25, 0.3) is 6.08 Å². The standard InChI is InChI=1S/C24H28N2O4/c1-28-21-5-7-22(29-2)19(16-21)4-8-24(27)26-12-10-25(11-13-26)17-18-3-6-23-20(15-18)9-14-30-23/h3-8,15-16H,9-14,17H2,1-2H3/b8-4+. The van der Waals surface area contributed by atoms with E-state index in [0.717, 1.165) is 62.8 Å². The van der Waals surface area contributed by atoms with E-state index in [-0.39, 0.29) is 5.91 Å². The first-order valence-electron chi connectivity index (χ1n) is 10.3. The van der Waals surface area contributed by atoms with Crippen LogP contribution in [0.15, 0.2) is 42.5 Å². The topological polar surface area (TPSA) is 51.2 Å². The fourth-order valence-electron chi connectivity index (χ4n) is 3.96. The number of benzene rings is 2. The molecule has 0 atom stereocenters. The number of hydrogen-bond acceptors (Lipinski definition) is 5. The van der Waals surface area contributed by atoms with Crippen molar-refractivity contribution in [2.75, 3.05) is 47.0 Å². The monoisotopic (exact) mass is 408 g/mol. The lowest BCUT2D eigenvalue weighted by molar-refractivity contribution is -0.127. The number of rotatable bonds is 6. The number of fused-ring (bicyclic) bond motifs is 1. The molecule has 1 amide bonds. The largest absolute Gasteiger partial charge is 0.497 e. The first kappa shape index (κ1) is 20.3. The molecule has 2 heterocycles. The third kappa shape index (κ3) is 4.60. The van der Waals surface area contributed by atoms with Crippen LogP contribution in [-0.2, 0) is 17.8 Å². The van der Waals surface area contributed by atoms with E-state index in [2.05, 4.69) is 23.1 Å². The van der Waals surface area contributed by atoms with Gasteiger partial charge in [-0.05, 0) is 41.5 Å². The second-order valence-electron chi connectivity index (χ2n) is 7.58. The van der Waals surface area contributed by atoms with Crippen LogP contribution < -0.4 is 14.2 Å². The number of carbonyl (C=O) groups is 1. The summed E-state index contributed by atoms with van der Waals surface area (Å²) < 4.78 is 16.2. The molecule has 0 spiro atoms. The lowest BCUT2D eigenvalue weighted by atomic mass is 10.1. The molecule has 0 saturated carbocycles. The van der Waals surface area contributed by atoms with Gasteiger partial charge >= 0.3 is 0 Å². The Hall–Kier alpha value is -2.99. The van der Waals surface area contributed by atoms with Gasteiger partial charge in [0.1, 0.15) is 17.2 Å². The summed E-state index contributed by atoms with van der Waals surface area (Å²) in [7, 11) is 3.24. The molecule has 6 nitrogen and oxygen atoms in total. The Morgan fingerprint density at radius 3 is 2.67 bits per heavy atom. The Balaban J connectivity index is 1.32. The van der Waals surface area contributed by atoms with Crippen molar-refractivity contribution in [2.24, 2.45) is 0 Å². The summed E-state index contributed by atoms with van der Waals surface area (Å²) >= 11 is 0. The first-order valence-corrected chi connectivity index (χ1v) is 10.3. The number of hydrogen-bond donors (Lipinski definition) is 0. The normalized spacial score (nSPS) is 16.4. The molecule has 158 valence electrons. The van der Waals surface area contributed by atoms with Crippen molar-refractivity contribution in [3.8, 4) is 17.2 Å². The van der Waals surface area contributed by atoms with Gasteiger partial charge in [0.2, 0.25) is 5.91 Å². The molecule has 30 heavy (non-hydrogen) atoms. The first-order chi connectivity index (χ1) is 14.7. The van der Waals surface area contributed by atoms with Crippen molar-refractivity contribution in [1.82, 2.24) is 9.80 Å². The van der Waals surface area contributed by atoms with E-state index in [1.54, 1.807) is 26.4 Å². The molecule has 0 unspecified atom stereocenters. The van der Waals surface area contributed by atoms with Crippen LogP contribution in [0.1, 0.15) is 16.7 Å². The fraction of sp³-hybridized carbons (Fsp3) is 0.375. The van der Waals surface area contributed by atoms with Gasteiger partial charge in [0.25, 0.3) is 0 Å². The van der Waals surface area contributed by atoms with Crippen molar-refractivity contribution in [3.05, 3.63) is 59.2 Å². The molecular weight excluding hydrogens is 380 g/mol. The summed E-state index contributed by atoms with van der Waals surface area (Å²) in [6.07, 6.45) is 4.41. The minimum atomic E-state index is 0.0224. The van der Waals surface area contributed by atoms with E-state index in [1.807, 2.05) is 23.1 Å². The van der Waals surface area contributed by atoms with Crippen LogP contribution >= 0.6 is 0 Å². The Labute approximate surface area is 177 Å². The van der Waals surface area contributed by atoms with E-state index in [4.69, 9.17) is 14.2 Å². The average Bonchev–Trinajstić information content (AvgIpc) is 3.25. The molecule has 0 N–H and O–H groups in total. The molecule has 1 fully saturated rings. The van der Waals surface area contributed by atoms with Crippen LogP contribution in [0, 0.1) is 0 Å². The molecule has 1 saturated heterocycles. The van der Waals surface area contributed by atoms with Crippen LogP contribution in [0.2, 0.25) is 0 Å². The second-order valence-corrected chi connectivity index (χ2v) is 7.58. The molecule has 0 radical (unpaired) electrons. The third-order valence-corrected chi connectivity index (χ3v) is 5.69. The highest BCUT2D eigenvalue weighted by Crippen LogP contribution is 2.27. The molecule has 2 aliphatic rings. The van der Waals surface area contributed by atoms with E-state index >= 15 is 0 Å². The summed E-state index contributed by atoms with van der Waals surface area (Å²) in [6, 6.07) is 12.0. The van der Waals surface area contributed by atoms with E-state index in [1.165, 1.54) is 11.1 Å². The zero-order chi connectivity index (χ0) is 20.9. The predicted molar refractivity (Wildman–Crippen MR) is 116 cm³/mol. The highest BCUT2D eigenvalue weighted by Gasteiger charge is 2.20. The maximum absolute atomic E-state index is 12.7. The van der Waals surface area contributed by atoms with Crippen LogP contribution in [0.4, 0.5) is 0 Å². The van der Waals surface area contributed by atoms with Crippen molar-refractivity contribution >= 4 is 12.0 Å². The van der Waals surface area contributed by atoms with Gasteiger partial charge in [-0.1, -0.05) is 12.1 Å². The van der Waals surface area contributed by atoms with Gasteiger partial charge in [-0.2, -0.15) is 0 Å². The lowest BCUT2D eigenvalue weighted by Crippen LogP contribution is -2.47. The Bertz CT molecular complexity index is 933. The number of methoxy groups -OCH3 is 2. The molecule has 2 aliphatic heterocycles.